The minimum atomic E-state index is -5.71. The second-order valence-electron chi connectivity index (χ2n) is 8.61. The zero-order valence-electron chi connectivity index (χ0n) is 24.5. The van der Waals surface area contributed by atoms with E-state index in [0.717, 1.165) is 26.8 Å². The van der Waals surface area contributed by atoms with E-state index in [1.54, 1.807) is 42.9 Å². The molecule has 12 nitrogen and oxygen atoms in total. The Bertz CT molecular complexity index is 1850. The van der Waals surface area contributed by atoms with Crippen LogP contribution in [0.15, 0.2) is 73.6 Å². The fraction of sp³-hybridized carbons (Fsp3) is 0.207. The van der Waals surface area contributed by atoms with E-state index in [1.807, 2.05) is 25.1 Å². The highest BCUT2D eigenvalue weighted by molar-refractivity contribution is 7.88. The summed E-state index contributed by atoms with van der Waals surface area (Å²) in [4.78, 5) is 30.0. The molecule has 5 heterocycles. The summed E-state index contributed by atoms with van der Waals surface area (Å²) >= 11 is 6.07. The van der Waals surface area contributed by atoms with E-state index < -0.39 is 32.7 Å². The summed E-state index contributed by atoms with van der Waals surface area (Å²) < 4.78 is 62.6. The highest BCUT2D eigenvalue weighted by Crippen LogP contribution is 2.34. The molecule has 0 radical (unpaired) electrons. The van der Waals surface area contributed by atoms with E-state index in [2.05, 4.69) is 41.7 Å². The van der Waals surface area contributed by atoms with Crippen LogP contribution in [0, 0.1) is 25.2 Å². The van der Waals surface area contributed by atoms with Gasteiger partial charge in [-0.1, -0.05) is 7.43 Å². The number of rotatable bonds is 5. The fourth-order valence-electron chi connectivity index (χ4n) is 2.65. The van der Waals surface area contributed by atoms with Crippen molar-refractivity contribution in [3.8, 4) is 39.0 Å². The van der Waals surface area contributed by atoms with Crippen LogP contribution in [-0.4, -0.2) is 60.3 Å². The van der Waals surface area contributed by atoms with Crippen LogP contribution < -0.4 is 4.18 Å². The lowest BCUT2D eigenvalue weighted by Gasteiger charge is -2.07. The number of carboxylic acids is 1. The van der Waals surface area contributed by atoms with Gasteiger partial charge in [0.2, 0.25) is 11.8 Å². The number of carbonyl (C=O) groups is 1. The number of pyridine rings is 3. The van der Waals surface area contributed by atoms with Crippen LogP contribution in [-0.2, 0) is 14.9 Å². The lowest BCUT2D eigenvalue weighted by molar-refractivity contribution is -0.136. The Morgan fingerprint density at radius 1 is 0.938 bits per heavy atom. The molecule has 0 saturated carbocycles. The van der Waals surface area contributed by atoms with Gasteiger partial charge >= 0.3 is 21.6 Å². The monoisotopic (exact) mass is 742 g/mol. The van der Waals surface area contributed by atoms with Crippen LogP contribution >= 0.6 is 35.3 Å². The molecule has 0 amide bonds. The third-order valence-corrected chi connectivity index (χ3v) is 8.14. The summed E-state index contributed by atoms with van der Waals surface area (Å²) in [6, 6.07) is 12.5. The summed E-state index contributed by atoms with van der Waals surface area (Å²) in [5.74, 6) is -1.34. The van der Waals surface area contributed by atoms with Gasteiger partial charge in [0.15, 0.2) is 0 Å². The van der Waals surface area contributed by atoms with Gasteiger partial charge in [0, 0.05) is 48.3 Å². The second kappa shape index (κ2) is 19.2. The Hall–Kier alpha value is -4.64. The number of aliphatic carboxylic acids is 1. The van der Waals surface area contributed by atoms with Gasteiger partial charge in [-0.15, -0.1) is 22.7 Å². The molecule has 0 fully saturated rings. The van der Waals surface area contributed by atoms with Crippen molar-refractivity contribution in [2.75, 3.05) is 0 Å². The standard InChI is InChI=1S/C10H7F3N2O3S2.C9H8N2OS.C6H4N2.C3H6O2S.CH4/c1-6-8(18-20(16,17)10(11,12)13)15-9(19-6)7-3-2-4-14-5-7;1-6-8(12)11-9(13-6)7-3-2-4-10-5-7;7-4-6-2-1-3-8-5-6;1-2(6)3(4)5;/h2-5H,1H3;2-5,12H,1H3;1-3,5H;2,6H,1H3,(H,4,5);1H4. The maximum atomic E-state index is 12.2. The van der Waals surface area contributed by atoms with Crippen molar-refractivity contribution in [3.63, 3.8) is 0 Å². The number of hydrogen-bond donors (Lipinski definition) is 3. The molecule has 48 heavy (non-hydrogen) atoms. The van der Waals surface area contributed by atoms with Gasteiger partial charge in [0.25, 0.3) is 0 Å². The first-order valence-electron chi connectivity index (χ1n) is 12.7. The fourth-order valence-corrected chi connectivity index (χ4v) is 4.80. The molecule has 5 rings (SSSR count). The third-order valence-electron chi connectivity index (χ3n) is 4.96. The first-order chi connectivity index (χ1) is 22.1. The molecule has 0 spiro atoms. The normalized spacial score (nSPS) is 11.0. The van der Waals surface area contributed by atoms with E-state index in [0.29, 0.717) is 16.1 Å². The second-order valence-corrected chi connectivity index (χ2v) is 13.3. The van der Waals surface area contributed by atoms with Gasteiger partial charge in [0.05, 0.1) is 20.6 Å². The maximum absolute atomic E-state index is 12.2. The van der Waals surface area contributed by atoms with Crippen LogP contribution in [0.5, 0.6) is 11.8 Å². The van der Waals surface area contributed by atoms with Crippen molar-refractivity contribution >= 4 is 51.4 Å². The molecule has 0 aliphatic rings. The number of thiazole rings is 2. The molecule has 0 saturated heterocycles. The predicted octanol–water partition coefficient (Wildman–Crippen LogP) is 6.94. The van der Waals surface area contributed by atoms with Crippen molar-refractivity contribution in [1.82, 2.24) is 24.9 Å². The highest BCUT2D eigenvalue weighted by atomic mass is 32.2. The lowest BCUT2D eigenvalue weighted by atomic mass is 10.3. The van der Waals surface area contributed by atoms with Crippen molar-refractivity contribution in [2.24, 2.45) is 0 Å². The van der Waals surface area contributed by atoms with Crippen LogP contribution in [0.4, 0.5) is 13.2 Å². The molecule has 2 N–H and O–H groups in total. The summed E-state index contributed by atoms with van der Waals surface area (Å²) in [5, 5.41) is 26.0. The number of aromatic nitrogens is 5. The average Bonchev–Trinajstić information content (AvgIpc) is 3.58. The molecule has 0 bridgehead atoms. The summed E-state index contributed by atoms with van der Waals surface area (Å²) in [6.07, 6.45) is 9.60. The topological polar surface area (TPSA) is 189 Å². The SMILES string of the molecule is C.CC(S)C(=O)O.Cc1sc(-c2cccnc2)nc1O.Cc1sc(-c2cccnc2)nc1OS(=O)(=O)C(F)(F)F.N#Cc1cccnc1. The predicted molar refractivity (Wildman–Crippen MR) is 179 cm³/mol. The maximum Gasteiger partial charge on any atom is 0.534 e. The Kier molecular flexibility index (Phi) is 16.6. The summed E-state index contributed by atoms with van der Waals surface area (Å²) in [7, 11) is -5.71. The van der Waals surface area contributed by atoms with Gasteiger partial charge < -0.3 is 14.4 Å². The third kappa shape index (κ3) is 13.2. The number of alkyl halides is 3. The van der Waals surface area contributed by atoms with Gasteiger partial charge in [-0.25, -0.2) is 9.97 Å². The van der Waals surface area contributed by atoms with E-state index in [-0.39, 0.29) is 18.2 Å². The summed E-state index contributed by atoms with van der Waals surface area (Å²) in [5.41, 5.74) is -3.39. The number of thiol groups is 1. The number of nitriles is 1. The van der Waals surface area contributed by atoms with Gasteiger partial charge in [-0.05, 0) is 57.2 Å². The minimum Gasteiger partial charge on any atom is -0.492 e. The smallest absolute Gasteiger partial charge is 0.492 e. The van der Waals surface area contributed by atoms with Gasteiger partial charge in [-0.3, -0.25) is 19.7 Å². The first-order valence-corrected chi connectivity index (χ1v) is 16.3. The van der Waals surface area contributed by atoms with Crippen molar-refractivity contribution < 1.29 is 40.8 Å². The molecule has 0 aliphatic heterocycles. The Morgan fingerprint density at radius 3 is 1.73 bits per heavy atom. The molecule has 1 atom stereocenters. The largest absolute Gasteiger partial charge is 0.534 e. The Balaban J connectivity index is 0.000000353. The molecular weight excluding hydrogens is 714 g/mol. The van der Waals surface area contributed by atoms with Crippen LogP contribution in [0.1, 0.15) is 29.7 Å². The number of aromatic hydroxyl groups is 1. The first kappa shape index (κ1) is 41.4. The van der Waals surface area contributed by atoms with Gasteiger partial charge in [-0.2, -0.15) is 39.5 Å². The van der Waals surface area contributed by atoms with E-state index in [4.69, 9.17) is 10.4 Å². The number of halogens is 3. The van der Waals surface area contributed by atoms with E-state index >= 15 is 0 Å². The number of hydrogen-bond acceptors (Lipinski definition) is 14. The van der Waals surface area contributed by atoms with Gasteiger partial charge in [0.1, 0.15) is 16.1 Å². The number of carboxylic acid groups (broad SMARTS) is 1. The van der Waals surface area contributed by atoms with E-state index in [1.165, 1.54) is 43.8 Å². The van der Waals surface area contributed by atoms with Crippen LogP contribution in [0.25, 0.3) is 21.1 Å². The van der Waals surface area contributed by atoms with Crippen molar-refractivity contribution in [2.45, 2.75) is 39.0 Å². The molecule has 0 aromatic carbocycles. The molecule has 256 valence electrons. The Labute approximate surface area is 288 Å². The van der Waals surface area contributed by atoms with Crippen molar-refractivity contribution in [1.29, 1.82) is 5.26 Å². The minimum absolute atomic E-state index is 0. The number of aryl methyl sites for hydroxylation is 2. The zero-order chi connectivity index (χ0) is 35.2. The molecule has 1 unspecified atom stereocenters. The average molecular weight is 743 g/mol. The molecular formula is C29H29F3N6O6S4. The highest BCUT2D eigenvalue weighted by Gasteiger charge is 2.49. The van der Waals surface area contributed by atoms with Crippen molar-refractivity contribution in [3.05, 3.63) is 88.9 Å². The molecule has 19 heteroatoms. The number of nitrogens with zero attached hydrogens (tertiary/aromatic N) is 6. The molecule has 5 aromatic rings. The zero-order valence-corrected chi connectivity index (χ0v) is 27.9. The quantitative estimate of drug-likeness (QED) is 0.0957. The summed E-state index contributed by atoms with van der Waals surface area (Å²) in [6.45, 7) is 4.76. The molecule has 5 aromatic heterocycles. The van der Waals surface area contributed by atoms with Crippen LogP contribution in [0.2, 0.25) is 0 Å². The van der Waals surface area contributed by atoms with Crippen LogP contribution in [0.3, 0.4) is 0 Å². The Morgan fingerprint density at radius 2 is 1.40 bits per heavy atom. The molecule has 0 aliphatic carbocycles. The lowest BCUT2D eigenvalue weighted by Crippen LogP contribution is -2.28. The van der Waals surface area contributed by atoms with E-state index in [9.17, 15) is 31.5 Å².